The molecule has 0 aromatic heterocycles. The molecule has 0 saturated heterocycles. The van der Waals surface area contributed by atoms with Crippen molar-refractivity contribution in [2.24, 2.45) is 35.5 Å². The zero-order valence-corrected chi connectivity index (χ0v) is 14.8. The van der Waals surface area contributed by atoms with E-state index < -0.39 is 0 Å². The summed E-state index contributed by atoms with van der Waals surface area (Å²) in [7, 11) is 0. The van der Waals surface area contributed by atoms with Gasteiger partial charge in [-0.2, -0.15) is 0 Å². The summed E-state index contributed by atoms with van der Waals surface area (Å²) < 4.78 is 25.2. The average molecular weight is 327 g/mol. The molecule has 0 heterocycles. The Morgan fingerprint density at radius 1 is 0.478 bits per heavy atom. The second-order valence-corrected chi connectivity index (χ2v) is 8.87. The summed E-state index contributed by atoms with van der Waals surface area (Å²) in [6.07, 6.45) is 16.7. The molecule has 0 bridgehead atoms. The Labute approximate surface area is 141 Å². The molecule has 3 rings (SSSR count). The molecule has 2 heteroatoms. The summed E-state index contributed by atoms with van der Waals surface area (Å²) in [6.45, 7) is -0.213. The summed E-state index contributed by atoms with van der Waals surface area (Å²) in [6, 6.07) is 0. The van der Waals surface area contributed by atoms with E-state index in [4.69, 9.17) is 0 Å². The van der Waals surface area contributed by atoms with Crippen molar-refractivity contribution < 1.29 is 8.78 Å². The lowest BCUT2D eigenvalue weighted by molar-refractivity contribution is 0.0993. The van der Waals surface area contributed by atoms with Crippen molar-refractivity contribution >= 4 is 0 Å². The van der Waals surface area contributed by atoms with E-state index in [-0.39, 0.29) is 13.3 Å². The van der Waals surface area contributed by atoms with Crippen LogP contribution >= 0.6 is 0 Å². The van der Waals surface area contributed by atoms with Gasteiger partial charge in [0.05, 0.1) is 13.3 Å². The molecule has 23 heavy (non-hydrogen) atoms. The van der Waals surface area contributed by atoms with Crippen LogP contribution in [0.1, 0.15) is 83.5 Å². The van der Waals surface area contributed by atoms with Crippen molar-refractivity contribution in [2.75, 3.05) is 13.3 Å². The van der Waals surface area contributed by atoms with Crippen LogP contribution in [0.5, 0.6) is 0 Å². The number of hydrogen-bond acceptors (Lipinski definition) is 0. The van der Waals surface area contributed by atoms with Gasteiger partial charge in [0.25, 0.3) is 0 Å². The van der Waals surface area contributed by atoms with Crippen molar-refractivity contribution in [3.8, 4) is 0 Å². The van der Waals surface area contributed by atoms with Gasteiger partial charge in [0.15, 0.2) is 0 Å². The van der Waals surface area contributed by atoms with E-state index in [2.05, 4.69) is 0 Å². The quantitative estimate of drug-likeness (QED) is 0.525. The molecule has 3 saturated carbocycles. The molecule has 0 aromatic carbocycles. The van der Waals surface area contributed by atoms with E-state index in [0.717, 1.165) is 42.9 Å². The fourth-order valence-electron chi connectivity index (χ4n) is 6.00. The van der Waals surface area contributed by atoms with Crippen LogP contribution in [-0.4, -0.2) is 13.3 Å². The topological polar surface area (TPSA) is 0 Å². The molecule has 134 valence electrons. The van der Waals surface area contributed by atoms with Crippen LogP contribution in [0.15, 0.2) is 0 Å². The van der Waals surface area contributed by atoms with Gasteiger partial charge in [0, 0.05) is 0 Å². The Kier molecular flexibility index (Phi) is 6.77. The van der Waals surface area contributed by atoms with Gasteiger partial charge >= 0.3 is 0 Å². The largest absolute Gasteiger partial charge is 0.251 e. The minimum Gasteiger partial charge on any atom is -0.251 e. The Hall–Kier alpha value is -0.140. The van der Waals surface area contributed by atoms with Crippen molar-refractivity contribution in [3.63, 3.8) is 0 Å². The Morgan fingerprint density at radius 3 is 1.17 bits per heavy atom. The Balaban J connectivity index is 1.37. The van der Waals surface area contributed by atoms with Gasteiger partial charge in [-0.15, -0.1) is 0 Å². The van der Waals surface area contributed by atoms with Crippen LogP contribution in [0, 0.1) is 35.5 Å². The van der Waals surface area contributed by atoms with Crippen LogP contribution < -0.4 is 0 Å². The molecule has 0 unspecified atom stereocenters. The SMILES string of the molecule is FCCC1CCC(C2CCC(C3CCC(CF)CC3)CC2)CC1. The molecule has 3 fully saturated rings. The number of alkyl halides is 2. The second-order valence-electron chi connectivity index (χ2n) is 8.87. The van der Waals surface area contributed by atoms with Crippen molar-refractivity contribution in [2.45, 2.75) is 83.5 Å². The highest BCUT2D eigenvalue weighted by Gasteiger charge is 2.34. The fraction of sp³-hybridized carbons (Fsp3) is 1.00. The van der Waals surface area contributed by atoms with Crippen LogP contribution in [-0.2, 0) is 0 Å². The molecule has 0 aliphatic heterocycles. The molecule has 0 spiro atoms. The van der Waals surface area contributed by atoms with E-state index in [1.54, 1.807) is 0 Å². The van der Waals surface area contributed by atoms with E-state index in [1.807, 2.05) is 0 Å². The highest BCUT2D eigenvalue weighted by atomic mass is 19.1. The summed E-state index contributed by atoms with van der Waals surface area (Å²) in [5, 5.41) is 0. The van der Waals surface area contributed by atoms with Gasteiger partial charge in [-0.1, -0.05) is 12.8 Å². The van der Waals surface area contributed by atoms with Gasteiger partial charge in [0.1, 0.15) is 0 Å². The third-order valence-electron chi connectivity index (χ3n) is 7.67. The van der Waals surface area contributed by atoms with E-state index in [9.17, 15) is 8.78 Å². The molecule has 3 aliphatic carbocycles. The second kappa shape index (κ2) is 8.81. The minimum absolute atomic E-state index is 0.0927. The molecule has 0 aromatic rings. The first-order valence-electron chi connectivity index (χ1n) is 10.4. The van der Waals surface area contributed by atoms with Gasteiger partial charge < -0.3 is 0 Å². The van der Waals surface area contributed by atoms with Crippen molar-refractivity contribution in [3.05, 3.63) is 0 Å². The third-order valence-corrected chi connectivity index (χ3v) is 7.67. The lowest BCUT2D eigenvalue weighted by Crippen LogP contribution is -2.30. The lowest BCUT2D eigenvalue weighted by Gasteiger charge is -2.41. The Morgan fingerprint density at radius 2 is 0.826 bits per heavy atom. The highest BCUT2D eigenvalue weighted by molar-refractivity contribution is 4.85. The third kappa shape index (κ3) is 4.69. The summed E-state index contributed by atoms with van der Waals surface area (Å²) in [5.74, 6) is 4.79. The van der Waals surface area contributed by atoms with Gasteiger partial charge in [0.2, 0.25) is 0 Å². The van der Waals surface area contributed by atoms with Crippen LogP contribution in [0.4, 0.5) is 8.78 Å². The molecule has 0 radical (unpaired) electrons. The molecule has 0 nitrogen and oxygen atoms in total. The smallest absolute Gasteiger partial charge is 0.0922 e. The lowest BCUT2D eigenvalue weighted by atomic mass is 9.65. The number of hydrogen-bond donors (Lipinski definition) is 0. The first-order chi connectivity index (χ1) is 11.3. The van der Waals surface area contributed by atoms with Gasteiger partial charge in [-0.3, -0.25) is 8.78 Å². The predicted octanol–water partition coefficient (Wildman–Crippen LogP) is 6.73. The number of rotatable bonds is 5. The molecule has 0 amide bonds. The molecule has 3 aliphatic rings. The molecular formula is C21H36F2. The monoisotopic (exact) mass is 326 g/mol. The average Bonchev–Trinajstić information content (AvgIpc) is 2.63. The van der Waals surface area contributed by atoms with Crippen LogP contribution in [0.25, 0.3) is 0 Å². The first-order valence-corrected chi connectivity index (χ1v) is 10.4. The maximum absolute atomic E-state index is 12.8. The molecule has 0 atom stereocenters. The van der Waals surface area contributed by atoms with Gasteiger partial charge in [-0.05, 0) is 106 Å². The van der Waals surface area contributed by atoms with E-state index >= 15 is 0 Å². The van der Waals surface area contributed by atoms with Crippen LogP contribution in [0.3, 0.4) is 0 Å². The predicted molar refractivity (Wildman–Crippen MR) is 92.9 cm³/mol. The van der Waals surface area contributed by atoms with Crippen molar-refractivity contribution in [1.29, 1.82) is 0 Å². The standard InChI is InChI=1S/C21H36F2/c22-14-13-16-1-5-18(6-2-16)20-9-11-21(12-10-20)19-7-3-17(15-23)4-8-19/h16-21H,1-15H2. The summed E-state index contributed by atoms with van der Waals surface area (Å²) in [4.78, 5) is 0. The first kappa shape index (κ1) is 17.7. The van der Waals surface area contributed by atoms with E-state index in [1.165, 1.54) is 64.2 Å². The molecular weight excluding hydrogens is 290 g/mol. The van der Waals surface area contributed by atoms with Crippen LogP contribution in [0.2, 0.25) is 0 Å². The maximum atomic E-state index is 12.8. The normalized spacial score (nSPS) is 42.5. The summed E-state index contributed by atoms with van der Waals surface area (Å²) in [5.41, 5.74) is 0. The summed E-state index contributed by atoms with van der Waals surface area (Å²) >= 11 is 0. The zero-order valence-electron chi connectivity index (χ0n) is 14.8. The van der Waals surface area contributed by atoms with E-state index in [0.29, 0.717) is 11.8 Å². The highest BCUT2D eigenvalue weighted by Crippen LogP contribution is 2.46. The van der Waals surface area contributed by atoms with Gasteiger partial charge in [-0.25, -0.2) is 0 Å². The zero-order chi connectivity index (χ0) is 16.1. The number of halogens is 2. The maximum Gasteiger partial charge on any atom is 0.0922 e. The molecule has 0 N–H and O–H groups in total. The van der Waals surface area contributed by atoms with Crippen molar-refractivity contribution in [1.82, 2.24) is 0 Å². The minimum atomic E-state index is -0.120. The Bertz CT molecular complexity index is 319. The fourth-order valence-corrected chi connectivity index (χ4v) is 6.00.